The van der Waals surface area contributed by atoms with Crippen LogP contribution in [0.1, 0.15) is 10.6 Å². The van der Waals surface area contributed by atoms with Crippen LogP contribution in [0.15, 0.2) is 12.4 Å². The van der Waals surface area contributed by atoms with E-state index in [1.807, 2.05) is 0 Å². The summed E-state index contributed by atoms with van der Waals surface area (Å²) in [5.41, 5.74) is 4.94. The quantitative estimate of drug-likeness (QED) is 0.628. The molecule has 0 aliphatic rings. The van der Waals surface area contributed by atoms with E-state index in [-0.39, 0.29) is 18.2 Å². The third-order valence-corrected chi connectivity index (χ3v) is 1.04. The number of carbonyl (C=O) groups excluding carboxylic acids is 1. The number of amides is 1. The Balaban J connectivity index is 0.000000810. The van der Waals surface area contributed by atoms with Gasteiger partial charge < -0.3 is 10.3 Å². The number of primary amides is 1. The summed E-state index contributed by atoms with van der Waals surface area (Å²) in [6.45, 7) is 0. The van der Waals surface area contributed by atoms with E-state index in [9.17, 15) is 4.79 Å². The standard InChI is InChI=1S/C5H7N3O.ClH/c1-8-3-2-7-5(8)4(6)9;/h2-3H,1H3,(H2,6,9);1H. The first kappa shape index (κ1) is 8.97. The topological polar surface area (TPSA) is 60.9 Å². The summed E-state index contributed by atoms with van der Waals surface area (Å²) in [5, 5.41) is 0. The van der Waals surface area contributed by atoms with Crippen molar-refractivity contribution in [3.63, 3.8) is 0 Å². The molecule has 1 rings (SSSR count). The highest BCUT2D eigenvalue weighted by Gasteiger charge is 2.02. The van der Waals surface area contributed by atoms with E-state index in [2.05, 4.69) is 4.98 Å². The molecule has 5 heteroatoms. The van der Waals surface area contributed by atoms with Gasteiger partial charge in [0.15, 0.2) is 5.82 Å². The summed E-state index contributed by atoms with van der Waals surface area (Å²) in [4.78, 5) is 14.1. The molecule has 2 N–H and O–H groups in total. The maximum atomic E-state index is 10.4. The molecule has 0 atom stereocenters. The van der Waals surface area contributed by atoms with Crippen molar-refractivity contribution in [2.75, 3.05) is 0 Å². The van der Waals surface area contributed by atoms with Crippen molar-refractivity contribution in [3.8, 4) is 0 Å². The maximum absolute atomic E-state index is 10.4. The van der Waals surface area contributed by atoms with E-state index < -0.39 is 5.91 Å². The van der Waals surface area contributed by atoms with E-state index in [1.54, 1.807) is 17.8 Å². The molecular formula is C5H8ClN3O. The molecule has 1 aromatic rings. The van der Waals surface area contributed by atoms with Crippen LogP contribution in [0.5, 0.6) is 0 Å². The van der Waals surface area contributed by atoms with Crippen LogP contribution in [0.4, 0.5) is 0 Å². The normalized spacial score (nSPS) is 8.50. The van der Waals surface area contributed by atoms with Crippen molar-refractivity contribution in [2.45, 2.75) is 0 Å². The average Bonchev–Trinajstić information content (AvgIpc) is 2.13. The van der Waals surface area contributed by atoms with Gasteiger partial charge in [-0.2, -0.15) is 0 Å². The van der Waals surface area contributed by atoms with Crippen LogP contribution >= 0.6 is 12.4 Å². The molecule has 0 aliphatic heterocycles. The predicted molar refractivity (Wildman–Crippen MR) is 39.0 cm³/mol. The number of halogens is 1. The highest BCUT2D eigenvalue weighted by Crippen LogP contribution is 1.89. The summed E-state index contributed by atoms with van der Waals surface area (Å²) in [6, 6.07) is 0. The number of nitrogens with zero attached hydrogens (tertiary/aromatic N) is 2. The number of aromatic nitrogens is 2. The van der Waals surface area contributed by atoms with Crippen LogP contribution in [0.25, 0.3) is 0 Å². The van der Waals surface area contributed by atoms with Crippen molar-refractivity contribution in [1.82, 2.24) is 9.55 Å². The monoisotopic (exact) mass is 161 g/mol. The highest BCUT2D eigenvalue weighted by molar-refractivity contribution is 5.89. The van der Waals surface area contributed by atoms with Crippen molar-refractivity contribution < 1.29 is 4.79 Å². The van der Waals surface area contributed by atoms with Crippen LogP contribution in [-0.2, 0) is 7.05 Å². The number of hydrogen-bond donors (Lipinski definition) is 1. The van der Waals surface area contributed by atoms with Gasteiger partial charge in [-0.3, -0.25) is 4.79 Å². The second-order valence-corrected chi connectivity index (χ2v) is 1.73. The molecule has 0 fully saturated rings. The molecule has 0 aromatic carbocycles. The van der Waals surface area contributed by atoms with Crippen LogP contribution in [0.2, 0.25) is 0 Å². The van der Waals surface area contributed by atoms with Crippen molar-refractivity contribution >= 4 is 18.3 Å². The van der Waals surface area contributed by atoms with Gasteiger partial charge in [0.1, 0.15) is 0 Å². The van der Waals surface area contributed by atoms with E-state index in [0.717, 1.165) is 0 Å². The zero-order chi connectivity index (χ0) is 6.85. The Morgan fingerprint density at radius 1 is 1.80 bits per heavy atom. The first-order valence-corrected chi connectivity index (χ1v) is 2.49. The van der Waals surface area contributed by atoms with Crippen LogP contribution < -0.4 is 5.73 Å². The molecule has 4 nitrogen and oxygen atoms in total. The van der Waals surface area contributed by atoms with E-state index in [4.69, 9.17) is 5.73 Å². The van der Waals surface area contributed by atoms with E-state index in [0.29, 0.717) is 0 Å². The molecule has 1 amide bonds. The molecule has 0 unspecified atom stereocenters. The number of hydrogen-bond acceptors (Lipinski definition) is 2. The summed E-state index contributed by atoms with van der Waals surface area (Å²) in [7, 11) is 1.72. The summed E-state index contributed by atoms with van der Waals surface area (Å²) in [5.74, 6) is -0.211. The van der Waals surface area contributed by atoms with Gasteiger partial charge in [0.05, 0.1) is 0 Å². The van der Waals surface area contributed by atoms with Gasteiger partial charge in [-0.05, 0) is 0 Å². The molecule has 0 aliphatic carbocycles. The Morgan fingerprint density at radius 2 is 2.40 bits per heavy atom. The minimum Gasteiger partial charge on any atom is -0.363 e. The molecule has 0 radical (unpaired) electrons. The van der Waals surface area contributed by atoms with Gasteiger partial charge in [0.2, 0.25) is 0 Å². The molecule has 56 valence electrons. The van der Waals surface area contributed by atoms with Crippen molar-refractivity contribution in [1.29, 1.82) is 0 Å². The number of imidazole rings is 1. The Kier molecular flexibility index (Phi) is 2.89. The number of aryl methyl sites for hydroxylation is 1. The highest BCUT2D eigenvalue weighted by atomic mass is 35.5. The minimum absolute atomic E-state index is 0. The second kappa shape index (κ2) is 3.22. The second-order valence-electron chi connectivity index (χ2n) is 1.73. The smallest absolute Gasteiger partial charge is 0.284 e. The van der Waals surface area contributed by atoms with E-state index in [1.165, 1.54) is 6.20 Å². The molecule has 0 spiro atoms. The first-order valence-electron chi connectivity index (χ1n) is 2.49. The zero-order valence-corrected chi connectivity index (χ0v) is 6.26. The molecule has 1 heterocycles. The third kappa shape index (κ3) is 1.48. The van der Waals surface area contributed by atoms with Gasteiger partial charge in [0.25, 0.3) is 5.91 Å². The lowest BCUT2D eigenvalue weighted by Gasteiger charge is -1.92. The SMILES string of the molecule is Cl.Cn1ccnc1C(N)=O. The number of carbonyl (C=O) groups is 1. The minimum atomic E-state index is -0.498. The Bertz CT molecular complexity index is 233. The van der Waals surface area contributed by atoms with Gasteiger partial charge in [-0.25, -0.2) is 4.98 Å². The largest absolute Gasteiger partial charge is 0.363 e. The predicted octanol–water partition coefficient (Wildman–Crippen LogP) is -0.0592. The Hall–Kier alpha value is -1.03. The van der Waals surface area contributed by atoms with Gasteiger partial charge >= 0.3 is 0 Å². The lowest BCUT2D eigenvalue weighted by molar-refractivity contribution is 0.0987. The summed E-state index contributed by atoms with van der Waals surface area (Å²) >= 11 is 0. The molecular weight excluding hydrogens is 154 g/mol. The third-order valence-electron chi connectivity index (χ3n) is 1.04. The molecule has 1 aromatic heterocycles. The molecule has 0 bridgehead atoms. The van der Waals surface area contributed by atoms with Crippen molar-refractivity contribution in [2.24, 2.45) is 12.8 Å². The van der Waals surface area contributed by atoms with Crippen molar-refractivity contribution in [3.05, 3.63) is 18.2 Å². The van der Waals surface area contributed by atoms with Gasteiger partial charge in [-0.15, -0.1) is 12.4 Å². The van der Waals surface area contributed by atoms with E-state index >= 15 is 0 Å². The van der Waals surface area contributed by atoms with Gasteiger partial charge in [0, 0.05) is 19.4 Å². The summed E-state index contributed by atoms with van der Waals surface area (Å²) in [6.07, 6.45) is 3.19. The lowest BCUT2D eigenvalue weighted by Crippen LogP contribution is -2.16. The molecule has 10 heavy (non-hydrogen) atoms. The fourth-order valence-electron chi connectivity index (χ4n) is 0.603. The number of rotatable bonds is 1. The maximum Gasteiger partial charge on any atom is 0.284 e. The number of nitrogens with two attached hydrogens (primary N) is 1. The van der Waals surface area contributed by atoms with Crippen LogP contribution in [0, 0.1) is 0 Å². The molecule has 0 saturated heterocycles. The fourth-order valence-corrected chi connectivity index (χ4v) is 0.603. The fraction of sp³-hybridized carbons (Fsp3) is 0.200. The molecule has 0 saturated carbocycles. The average molecular weight is 162 g/mol. The Labute approximate surface area is 64.5 Å². The lowest BCUT2D eigenvalue weighted by atomic mass is 10.6. The zero-order valence-electron chi connectivity index (χ0n) is 5.44. The Morgan fingerprint density at radius 3 is 2.60 bits per heavy atom. The van der Waals surface area contributed by atoms with Crippen LogP contribution in [-0.4, -0.2) is 15.5 Å². The van der Waals surface area contributed by atoms with Gasteiger partial charge in [-0.1, -0.05) is 0 Å². The first-order chi connectivity index (χ1) is 4.22. The van der Waals surface area contributed by atoms with Crippen LogP contribution in [0.3, 0.4) is 0 Å². The summed E-state index contributed by atoms with van der Waals surface area (Å²) < 4.78 is 1.57.